The van der Waals surface area contributed by atoms with Crippen molar-refractivity contribution in [2.24, 2.45) is 0 Å². The fraction of sp³-hybridized carbons (Fsp3) is 0.241. The first kappa shape index (κ1) is 30.3. The Kier molecular flexibility index (Phi) is 9.88. The second-order valence-electron chi connectivity index (χ2n) is 8.86. The Labute approximate surface area is 250 Å². The van der Waals surface area contributed by atoms with E-state index in [0.717, 1.165) is 0 Å². The first-order valence-electron chi connectivity index (χ1n) is 12.3. The summed E-state index contributed by atoms with van der Waals surface area (Å²) in [7, 11) is 0. The summed E-state index contributed by atoms with van der Waals surface area (Å²) in [5, 5.41) is 8.06. The van der Waals surface area contributed by atoms with Gasteiger partial charge in [0.05, 0.1) is 22.8 Å². The van der Waals surface area contributed by atoms with Crippen LogP contribution in [0.4, 0.5) is 0 Å². The first-order valence-corrected chi connectivity index (χ1v) is 13.4. The number of hydrogen-bond donors (Lipinski definition) is 1. The van der Waals surface area contributed by atoms with Crippen molar-refractivity contribution < 1.29 is 38.1 Å². The molecule has 0 aliphatic carbocycles. The highest BCUT2D eigenvalue weighted by Gasteiger charge is 2.53. The van der Waals surface area contributed by atoms with Crippen LogP contribution in [0.25, 0.3) is 0 Å². The summed E-state index contributed by atoms with van der Waals surface area (Å²) in [5.74, 6) is -3.22. The van der Waals surface area contributed by atoms with Gasteiger partial charge in [0.2, 0.25) is 18.3 Å². The van der Waals surface area contributed by atoms with E-state index in [1.807, 2.05) is 0 Å². The van der Waals surface area contributed by atoms with Crippen LogP contribution in [0.5, 0.6) is 0 Å². The summed E-state index contributed by atoms with van der Waals surface area (Å²) in [5.41, 5.74) is 0.564. The van der Waals surface area contributed by atoms with Crippen molar-refractivity contribution in [3.8, 4) is 0 Å². The first-order chi connectivity index (χ1) is 19.5. The van der Waals surface area contributed by atoms with Crippen molar-refractivity contribution >= 4 is 58.6 Å². The van der Waals surface area contributed by atoms with Gasteiger partial charge in [-0.05, 0) is 43.3 Å². The minimum Gasteiger partial charge on any atom is -0.452 e. The van der Waals surface area contributed by atoms with E-state index in [9.17, 15) is 14.4 Å². The molecule has 0 amide bonds. The van der Waals surface area contributed by atoms with E-state index in [4.69, 9.17) is 63.9 Å². The SMILES string of the molecule is C[C@@H]1O[C@@H](OC(=N)C(Cl)(Cl)Cl)[C@@H](OC(=O)c2ccccc2)[C@H](OC(=O)c2ccccc2)[C@@H]1OC(=O)c1ccccc1. The van der Waals surface area contributed by atoms with Crippen LogP contribution in [0.1, 0.15) is 38.0 Å². The molecule has 0 radical (unpaired) electrons. The summed E-state index contributed by atoms with van der Waals surface area (Å²) < 4.78 is 26.4. The number of carbonyl (C=O) groups excluding carboxylic acids is 3. The molecule has 41 heavy (non-hydrogen) atoms. The van der Waals surface area contributed by atoms with Gasteiger partial charge >= 0.3 is 17.9 Å². The molecule has 3 aromatic rings. The highest BCUT2D eigenvalue weighted by Crippen LogP contribution is 2.34. The highest BCUT2D eigenvalue weighted by atomic mass is 35.6. The minimum atomic E-state index is -2.28. The number of carbonyl (C=O) groups is 3. The molecule has 1 saturated heterocycles. The predicted molar refractivity (Wildman–Crippen MR) is 150 cm³/mol. The number of alkyl halides is 3. The van der Waals surface area contributed by atoms with Gasteiger partial charge in [-0.1, -0.05) is 89.4 Å². The maximum Gasteiger partial charge on any atom is 0.338 e. The van der Waals surface area contributed by atoms with Crippen molar-refractivity contribution in [2.75, 3.05) is 0 Å². The lowest BCUT2D eigenvalue weighted by atomic mass is 9.98. The van der Waals surface area contributed by atoms with Crippen LogP contribution in [-0.2, 0) is 23.7 Å². The minimum absolute atomic E-state index is 0.160. The molecule has 0 unspecified atom stereocenters. The second-order valence-corrected chi connectivity index (χ2v) is 11.1. The van der Waals surface area contributed by atoms with Crippen molar-refractivity contribution in [2.45, 2.75) is 41.4 Å². The Hall–Kier alpha value is -3.63. The molecule has 1 aliphatic heterocycles. The van der Waals surface area contributed by atoms with Gasteiger partial charge in [-0.2, -0.15) is 0 Å². The molecule has 12 heteroatoms. The molecule has 214 valence electrons. The van der Waals surface area contributed by atoms with Gasteiger partial charge in [-0.3, -0.25) is 5.41 Å². The average molecular weight is 621 g/mol. The fourth-order valence-electron chi connectivity index (χ4n) is 3.97. The zero-order valence-electron chi connectivity index (χ0n) is 21.4. The van der Waals surface area contributed by atoms with Crippen LogP contribution < -0.4 is 0 Å². The van der Waals surface area contributed by atoms with Gasteiger partial charge in [-0.25, -0.2) is 14.4 Å². The Balaban J connectivity index is 1.73. The number of ether oxygens (including phenoxy) is 5. The van der Waals surface area contributed by atoms with Crippen LogP contribution in [0.3, 0.4) is 0 Å². The number of hydrogen-bond acceptors (Lipinski definition) is 9. The van der Waals surface area contributed by atoms with E-state index >= 15 is 0 Å². The second kappa shape index (κ2) is 13.4. The molecule has 4 rings (SSSR count). The van der Waals surface area contributed by atoms with Crippen molar-refractivity contribution in [1.29, 1.82) is 5.41 Å². The van der Waals surface area contributed by atoms with E-state index in [0.29, 0.717) is 0 Å². The highest BCUT2D eigenvalue weighted by molar-refractivity contribution is 6.76. The number of nitrogens with one attached hydrogen (secondary N) is 1. The summed E-state index contributed by atoms with van der Waals surface area (Å²) in [4.78, 5) is 39.4. The molecule has 0 spiro atoms. The van der Waals surface area contributed by atoms with Gasteiger partial charge in [-0.15, -0.1) is 0 Å². The lowest BCUT2D eigenvalue weighted by Crippen LogP contribution is -2.62. The molecule has 1 fully saturated rings. The third kappa shape index (κ3) is 7.77. The Morgan fingerprint density at radius 3 is 1.39 bits per heavy atom. The number of halogens is 3. The molecule has 1 N–H and O–H groups in total. The summed E-state index contributed by atoms with van der Waals surface area (Å²) in [6.45, 7) is 1.52. The molecule has 9 nitrogen and oxygen atoms in total. The largest absolute Gasteiger partial charge is 0.452 e. The van der Waals surface area contributed by atoms with Gasteiger partial charge in [0.25, 0.3) is 3.79 Å². The lowest BCUT2D eigenvalue weighted by molar-refractivity contribution is -0.270. The van der Waals surface area contributed by atoms with Crippen LogP contribution in [0.2, 0.25) is 0 Å². The molecular formula is C29H24Cl3NO8. The van der Waals surface area contributed by atoms with Gasteiger partial charge < -0.3 is 23.7 Å². The van der Waals surface area contributed by atoms with E-state index in [1.54, 1.807) is 66.7 Å². The topological polar surface area (TPSA) is 121 Å². The van der Waals surface area contributed by atoms with E-state index < -0.39 is 58.3 Å². The maximum absolute atomic E-state index is 13.2. The zero-order chi connectivity index (χ0) is 29.6. The maximum atomic E-state index is 13.2. The Bertz CT molecular complexity index is 1370. The van der Waals surface area contributed by atoms with Crippen molar-refractivity contribution in [3.63, 3.8) is 0 Å². The zero-order valence-corrected chi connectivity index (χ0v) is 23.7. The quantitative estimate of drug-likeness (QED) is 0.116. The van der Waals surface area contributed by atoms with Crippen LogP contribution in [0.15, 0.2) is 91.0 Å². The summed E-state index contributed by atoms with van der Waals surface area (Å²) in [6.07, 6.45) is -6.93. The van der Waals surface area contributed by atoms with Gasteiger partial charge in [0.15, 0.2) is 12.2 Å². The van der Waals surface area contributed by atoms with Crippen molar-refractivity contribution in [1.82, 2.24) is 0 Å². The molecular weight excluding hydrogens is 597 g/mol. The molecule has 5 atom stereocenters. The monoisotopic (exact) mass is 619 g/mol. The van der Waals surface area contributed by atoms with Crippen LogP contribution in [0, 0.1) is 5.41 Å². The molecule has 3 aromatic carbocycles. The summed E-state index contributed by atoms with van der Waals surface area (Å²) >= 11 is 17.5. The van der Waals surface area contributed by atoms with Gasteiger partial charge in [0, 0.05) is 0 Å². The summed E-state index contributed by atoms with van der Waals surface area (Å²) in [6, 6.07) is 24.1. The molecule has 1 aliphatic rings. The van der Waals surface area contributed by atoms with Crippen molar-refractivity contribution in [3.05, 3.63) is 108 Å². The number of esters is 3. The van der Waals surface area contributed by atoms with E-state index in [-0.39, 0.29) is 16.7 Å². The number of rotatable bonds is 7. The smallest absolute Gasteiger partial charge is 0.338 e. The molecule has 0 aromatic heterocycles. The molecule has 1 heterocycles. The molecule has 0 bridgehead atoms. The fourth-order valence-corrected chi connectivity index (χ4v) is 4.10. The van der Waals surface area contributed by atoms with E-state index in [2.05, 4.69) is 0 Å². The Morgan fingerprint density at radius 1 is 0.634 bits per heavy atom. The average Bonchev–Trinajstić information content (AvgIpc) is 2.97. The van der Waals surface area contributed by atoms with E-state index in [1.165, 1.54) is 31.2 Å². The molecule has 0 saturated carbocycles. The number of benzene rings is 3. The van der Waals surface area contributed by atoms with Gasteiger partial charge in [0.1, 0.15) is 0 Å². The standard InChI is InChI=1S/C29H24Cl3NO8/c1-17-21(38-24(34)18-11-5-2-6-12-18)22(39-25(35)19-13-7-3-8-14-19)23(27(37-17)41-28(33)29(30,31)32)40-26(36)20-15-9-4-10-16-20/h2-17,21-23,27,33H,1H3/t17-,21+,22+,23-,27-/m0/s1. The predicted octanol–water partition coefficient (Wildman–Crippen LogP) is 5.77. The van der Waals surface area contributed by atoms with Crippen LogP contribution >= 0.6 is 34.8 Å². The Morgan fingerprint density at radius 2 is 1.00 bits per heavy atom. The van der Waals surface area contributed by atoms with Crippen LogP contribution in [-0.4, -0.2) is 58.3 Å². The third-order valence-corrected chi connectivity index (χ3v) is 6.49. The normalized spacial score (nSPS) is 22.2. The third-order valence-electron chi connectivity index (χ3n) is 5.98. The lowest BCUT2D eigenvalue weighted by Gasteiger charge is -2.43.